The third kappa shape index (κ3) is 4.27. The second-order valence-corrected chi connectivity index (χ2v) is 4.94. The molecule has 1 aliphatic heterocycles. The second kappa shape index (κ2) is 7.19. The first-order valence-electron chi connectivity index (χ1n) is 6.93. The summed E-state index contributed by atoms with van der Waals surface area (Å²) in [5, 5.41) is 3.30. The zero-order chi connectivity index (χ0) is 15.2. The fraction of sp³-hybridized carbons (Fsp3) is 0.467. The highest BCUT2D eigenvalue weighted by atomic mass is 16.5. The molecule has 0 aliphatic carbocycles. The summed E-state index contributed by atoms with van der Waals surface area (Å²) in [5.74, 6) is -0.734. The van der Waals surface area contributed by atoms with Gasteiger partial charge in [-0.25, -0.2) is 4.79 Å². The highest BCUT2D eigenvalue weighted by molar-refractivity contribution is 5.93. The van der Waals surface area contributed by atoms with Gasteiger partial charge in [-0.2, -0.15) is 0 Å². The molecule has 21 heavy (non-hydrogen) atoms. The molecule has 1 aromatic rings. The van der Waals surface area contributed by atoms with Gasteiger partial charge in [-0.3, -0.25) is 9.69 Å². The van der Waals surface area contributed by atoms with Crippen molar-refractivity contribution in [3.05, 3.63) is 29.3 Å². The maximum atomic E-state index is 11.8. The van der Waals surface area contributed by atoms with E-state index in [0.29, 0.717) is 0 Å². The van der Waals surface area contributed by atoms with E-state index in [2.05, 4.69) is 10.2 Å². The lowest BCUT2D eigenvalue weighted by Crippen LogP contribution is -2.42. The number of hydrogen-bond donors (Lipinski definition) is 1. The number of nitrogens with zero attached hydrogens (tertiary/aromatic N) is 1. The van der Waals surface area contributed by atoms with E-state index in [4.69, 9.17) is 9.47 Å². The fourth-order valence-electron chi connectivity index (χ4n) is 2.32. The van der Waals surface area contributed by atoms with Crippen LogP contribution >= 0.6 is 0 Å². The number of benzene rings is 1. The average molecular weight is 292 g/mol. The van der Waals surface area contributed by atoms with E-state index in [1.54, 1.807) is 12.1 Å². The molecule has 1 fully saturated rings. The van der Waals surface area contributed by atoms with Crippen LogP contribution in [0.1, 0.15) is 22.8 Å². The molecule has 1 aromatic carbocycles. The fourth-order valence-corrected chi connectivity index (χ4v) is 2.32. The van der Waals surface area contributed by atoms with Gasteiger partial charge in [0.05, 0.1) is 7.11 Å². The number of methoxy groups -OCH3 is 1. The summed E-state index contributed by atoms with van der Waals surface area (Å²) < 4.78 is 9.80. The third-order valence-electron chi connectivity index (χ3n) is 3.32. The summed E-state index contributed by atoms with van der Waals surface area (Å²) in [6.07, 6.45) is 0. The number of rotatable bonds is 4. The minimum Gasteiger partial charge on any atom is -0.465 e. The summed E-state index contributed by atoms with van der Waals surface area (Å²) in [5.41, 5.74) is 1.27. The number of esters is 2. The molecular weight excluding hydrogens is 272 g/mol. The Labute approximate surface area is 124 Å². The minimum atomic E-state index is -0.506. The maximum absolute atomic E-state index is 11.8. The number of nitrogens with one attached hydrogen (secondary N) is 1. The molecule has 0 saturated carbocycles. The number of carbonyl (C=O) groups excluding carboxylic acids is 2. The van der Waals surface area contributed by atoms with Crippen LogP contribution in [0.4, 0.5) is 0 Å². The molecule has 0 bridgehead atoms. The molecule has 0 aromatic heterocycles. The molecule has 1 aliphatic rings. The van der Waals surface area contributed by atoms with Gasteiger partial charge in [0.1, 0.15) is 11.3 Å². The quantitative estimate of drug-likeness (QED) is 0.654. The van der Waals surface area contributed by atoms with Gasteiger partial charge in [0, 0.05) is 39.6 Å². The minimum absolute atomic E-state index is 0.235. The highest BCUT2D eigenvalue weighted by Crippen LogP contribution is 2.22. The van der Waals surface area contributed by atoms with E-state index in [-0.39, 0.29) is 11.3 Å². The number of hydrogen-bond acceptors (Lipinski definition) is 6. The van der Waals surface area contributed by atoms with E-state index in [0.717, 1.165) is 38.3 Å². The Bertz CT molecular complexity index is 524. The Kier molecular flexibility index (Phi) is 5.30. The molecule has 0 atom stereocenters. The van der Waals surface area contributed by atoms with Gasteiger partial charge in [0.15, 0.2) is 0 Å². The van der Waals surface area contributed by atoms with Gasteiger partial charge in [0.2, 0.25) is 0 Å². The number of piperazine rings is 1. The van der Waals surface area contributed by atoms with Crippen LogP contribution in [0.5, 0.6) is 5.75 Å². The first-order chi connectivity index (χ1) is 10.1. The van der Waals surface area contributed by atoms with Crippen molar-refractivity contribution in [2.45, 2.75) is 13.5 Å². The van der Waals surface area contributed by atoms with Crippen LogP contribution in [0.2, 0.25) is 0 Å². The van der Waals surface area contributed by atoms with E-state index < -0.39 is 11.9 Å². The molecule has 6 nitrogen and oxygen atoms in total. The summed E-state index contributed by atoms with van der Waals surface area (Å²) in [7, 11) is 1.31. The van der Waals surface area contributed by atoms with Crippen LogP contribution in [0, 0.1) is 0 Å². The lowest BCUT2D eigenvalue weighted by molar-refractivity contribution is -0.131. The second-order valence-electron chi connectivity index (χ2n) is 4.94. The monoisotopic (exact) mass is 292 g/mol. The van der Waals surface area contributed by atoms with Crippen LogP contribution in [-0.4, -0.2) is 50.1 Å². The van der Waals surface area contributed by atoms with Crippen molar-refractivity contribution in [2.24, 2.45) is 0 Å². The van der Waals surface area contributed by atoms with E-state index in [1.165, 1.54) is 14.0 Å². The smallest absolute Gasteiger partial charge is 0.341 e. The predicted octanol–water partition coefficient (Wildman–Crippen LogP) is 0.804. The van der Waals surface area contributed by atoms with Crippen LogP contribution in [0.25, 0.3) is 0 Å². The standard InChI is InChI=1S/C15H20N2O4/c1-11(18)21-14-4-3-12(9-13(14)15(19)20-2)10-17-7-5-16-6-8-17/h3-4,9,16H,5-8,10H2,1-2H3. The summed E-state index contributed by atoms with van der Waals surface area (Å²) in [4.78, 5) is 25.2. The summed E-state index contributed by atoms with van der Waals surface area (Å²) >= 11 is 0. The van der Waals surface area contributed by atoms with Crippen molar-refractivity contribution < 1.29 is 19.1 Å². The molecule has 1 saturated heterocycles. The number of carbonyl (C=O) groups is 2. The van der Waals surface area contributed by atoms with Crippen molar-refractivity contribution >= 4 is 11.9 Å². The lowest BCUT2D eigenvalue weighted by atomic mass is 10.1. The van der Waals surface area contributed by atoms with Gasteiger partial charge < -0.3 is 14.8 Å². The topological polar surface area (TPSA) is 67.9 Å². The van der Waals surface area contributed by atoms with Crippen LogP contribution in [0.3, 0.4) is 0 Å². The average Bonchev–Trinajstić information content (AvgIpc) is 2.48. The van der Waals surface area contributed by atoms with Crippen molar-refractivity contribution in [2.75, 3.05) is 33.3 Å². The molecule has 0 amide bonds. The summed E-state index contributed by atoms with van der Waals surface area (Å²) in [6.45, 7) is 5.94. The van der Waals surface area contributed by atoms with Crippen molar-refractivity contribution in [1.29, 1.82) is 0 Å². The Morgan fingerprint density at radius 1 is 1.29 bits per heavy atom. The zero-order valence-electron chi connectivity index (χ0n) is 12.3. The first kappa shape index (κ1) is 15.5. The highest BCUT2D eigenvalue weighted by Gasteiger charge is 2.17. The molecular formula is C15H20N2O4. The van der Waals surface area contributed by atoms with Crippen molar-refractivity contribution in [3.8, 4) is 5.75 Å². The van der Waals surface area contributed by atoms with Crippen molar-refractivity contribution in [3.63, 3.8) is 0 Å². The Morgan fingerprint density at radius 3 is 2.62 bits per heavy atom. The largest absolute Gasteiger partial charge is 0.465 e. The van der Waals surface area contributed by atoms with Crippen LogP contribution < -0.4 is 10.1 Å². The molecule has 0 radical (unpaired) electrons. The first-order valence-corrected chi connectivity index (χ1v) is 6.93. The van der Waals surface area contributed by atoms with Gasteiger partial charge in [-0.15, -0.1) is 0 Å². The molecule has 0 spiro atoms. The molecule has 6 heteroatoms. The normalized spacial score (nSPS) is 15.5. The molecule has 2 rings (SSSR count). The van der Waals surface area contributed by atoms with Crippen LogP contribution in [-0.2, 0) is 16.1 Å². The van der Waals surface area contributed by atoms with Crippen molar-refractivity contribution in [1.82, 2.24) is 10.2 Å². The number of ether oxygens (including phenoxy) is 2. The van der Waals surface area contributed by atoms with E-state index >= 15 is 0 Å². The maximum Gasteiger partial charge on any atom is 0.341 e. The Morgan fingerprint density at radius 2 is 2.00 bits per heavy atom. The molecule has 1 heterocycles. The SMILES string of the molecule is COC(=O)c1cc(CN2CCNCC2)ccc1OC(C)=O. The van der Waals surface area contributed by atoms with Gasteiger partial charge in [0.25, 0.3) is 0 Å². The molecule has 1 N–H and O–H groups in total. The van der Waals surface area contributed by atoms with E-state index in [1.807, 2.05) is 6.07 Å². The molecule has 0 unspecified atom stereocenters. The Balaban J connectivity index is 2.19. The zero-order valence-corrected chi connectivity index (χ0v) is 12.3. The lowest BCUT2D eigenvalue weighted by Gasteiger charge is -2.27. The Hall–Kier alpha value is -1.92. The third-order valence-corrected chi connectivity index (χ3v) is 3.32. The van der Waals surface area contributed by atoms with Crippen LogP contribution in [0.15, 0.2) is 18.2 Å². The van der Waals surface area contributed by atoms with E-state index in [9.17, 15) is 9.59 Å². The van der Waals surface area contributed by atoms with Gasteiger partial charge in [-0.05, 0) is 17.7 Å². The predicted molar refractivity (Wildman–Crippen MR) is 77.2 cm³/mol. The van der Waals surface area contributed by atoms with Gasteiger partial charge >= 0.3 is 11.9 Å². The molecule has 114 valence electrons. The van der Waals surface area contributed by atoms with Gasteiger partial charge in [-0.1, -0.05) is 6.07 Å². The summed E-state index contributed by atoms with van der Waals surface area (Å²) in [6, 6.07) is 5.24.